The molecule has 0 radical (unpaired) electrons. The number of pyridine rings is 1. The lowest BCUT2D eigenvalue weighted by molar-refractivity contribution is -0.137. The second kappa shape index (κ2) is 11.3. The van der Waals surface area contributed by atoms with E-state index in [2.05, 4.69) is 26.9 Å². The van der Waals surface area contributed by atoms with Gasteiger partial charge in [0.1, 0.15) is 22.7 Å². The van der Waals surface area contributed by atoms with Crippen molar-refractivity contribution in [2.24, 2.45) is 11.3 Å². The first-order valence-corrected chi connectivity index (χ1v) is 16.2. The lowest BCUT2D eigenvalue weighted by atomic mass is 9.76. The second-order valence-electron chi connectivity index (χ2n) is 13.2. The van der Waals surface area contributed by atoms with Gasteiger partial charge in [-0.05, 0) is 45.3 Å². The van der Waals surface area contributed by atoms with Gasteiger partial charge in [0.15, 0.2) is 11.6 Å². The zero-order valence-electron chi connectivity index (χ0n) is 25.5. The molecule has 0 spiro atoms. The molecule has 2 aliphatic heterocycles. The standard InChI is InChI=1S/C31H32Cl2F6N6O2/c1-44-9-4-8-29(7-3-5-17(29)44)13-47-28-42-25-20-26(46-10-6-16(14-12-30(14,35)36)45(2)27(20)43-28)22(33)19(23(25)34)24-21(31(37,38)39)15(32)11-18(40)41-24/h11,14,16-17H,3-10,12-13H2,1-2H3,(H2,40,41). The molecule has 7 rings (SSSR count). The van der Waals surface area contributed by atoms with Crippen LogP contribution >= 0.6 is 23.2 Å². The fraction of sp³-hybridized carbons (Fsp3) is 0.581. The first kappa shape index (κ1) is 32.6. The van der Waals surface area contributed by atoms with Gasteiger partial charge in [-0.2, -0.15) is 23.1 Å². The number of hydrogen-bond acceptors (Lipinski definition) is 8. The van der Waals surface area contributed by atoms with Crippen LogP contribution in [0.1, 0.15) is 50.5 Å². The number of anilines is 2. The molecule has 2 aliphatic carbocycles. The molecule has 4 aliphatic rings. The normalized spacial score (nSPS) is 27.3. The molecule has 4 heterocycles. The molecule has 8 nitrogen and oxygen atoms in total. The van der Waals surface area contributed by atoms with E-state index in [1.807, 2.05) is 0 Å². The van der Waals surface area contributed by atoms with Crippen LogP contribution in [0.4, 0.5) is 38.0 Å². The van der Waals surface area contributed by atoms with Gasteiger partial charge in [-0.1, -0.05) is 29.6 Å². The average Bonchev–Trinajstić information content (AvgIpc) is 3.38. The third-order valence-corrected chi connectivity index (χ3v) is 11.0. The van der Waals surface area contributed by atoms with Gasteiger partial charge in [0.05, 0.1) is 39.9 Å². The van der Waals surface area contributed by atoms with E-state index in [-0.39, 0.29) is 60.5 Å². The number of halogens is 8. The number of nitrogens with two attached hydrogens (primary N) is 1. The Kier molecular flexibility index (Phi) is 7.83. The molecule has 3 aromatic rings. The zero-order valence-corrected chi connectivity index (χ0v) is 27.0. The van der Waals surface area contributed by atoms with Crippen LogP contribution in [0.3, 0.4) is 0 Å². The highest BCUT2D eigenvalue weighted by molar-refractivity contribution is 6.37. The van der Waals surface area contributed by atoms with Gasteiger partial charge in [0.2, 0.25) is 0 Å². The van der Waals surface area contributed by atoms with Crippen LogP contribution in [-0.2, 0) is 6.18 Å². The number of alkyl halides is 5. The molecule has 0 amide bonds. The molecule has 4 unspecified atom stereocenters. The van der Waals surface area contributed by atoms with Crippen molar-refractivity contribution in [1.82, 2.24) is 19.9 Å². The average molecular weight is 706 g/mol. The van der Waals surface area contributed by atoms with Crippen LogP contribution in [0.25, 0.3) is 22.2 Å². The Morgan fingerprint density at radius 2 is 1.83 bits per heavy atom. The Morgan fingerprint density at radius 1 is 1.11 bits per heavy atom. The molecule has 0 bridgehead atoms. The van der Waals surface area contributed by atoms with E-state index in [1.165, 1.54) is 4.90 Å². The van der Waals surface area contributed by atoms with Crippen LogP contribution in [0.2, 0.25) is 10.0 Å². The van der Waals surface area contributed by atoms with Gasteiger partial charge in [0, 0.05) is 43.3 Å². The summed E-state index contributed by atoms with van der Waals surface area (Å²) in [4.78, 5) is 16.6. The fourth-order valence-corrected chi connectivity index (χ4v) is 8.65. The van der Waals surface area contributed by atoms with Gasteiger partial charge in [-0.3, -0.25) is 0 Å². The van der Waals surface area contributed by atoms with Crippen molar-refractivity contribution in [3.05, 3.63) is 27.5 Å². The van der Waals surface area contributed by atoms with Gasteiger partial charge >= 0.3 is 12.2 Å². The highest BCUT2D eigenvalue weighted by atomic mass is 35.5. The predicted molar refractivity (Wildman–Crippen MR) is 165 cm³/mol. The molecule has 4 atom stereocenters. The number of nitrogen functional groups attached to an aromatic ring is 1. The lowest BCUT2D eigenvalue weighted by Crippen LogP contribution is -2.50. The minimum atomic E-state index is -5.07. The minimum Gasteiger partial charge on any atom is -0.491 e. The molecular formula is C31H32Cl2F6N6O2. The Balaban J connectivity index is 1.43. The monoisotopic (exact) mass is 704 g/mol. The van der Waals surface area contributed by atoms with Crippen molar-refractivity contribution in [3.8, 4) is 23.0 Å². The zero-order chi connectivity index (χ0) is 33.6. The van der Waals surface area contributed by atoms with E-state index in [9.17, 15) is 22.0 Å². The third-order valence-electron chi connectivity index (χ3n) is 10.3. The van der Waals surface area contributed by atoms with E-state index < -0.39 is 68.1 Å². The quantitative estimate of drug-likeness (QED) is 0.272. The number of nitrogens with zero attached hydrogens (tertiary/aromatic N) is 5. The molecule has 2 saturated carbocycles. The minimum absolute atomic E-state index is 0.00981. The topological polar surface area (TPSA) is 89.6 Å². The number of likely N-dealkylation sites (tertiary alicyclic amines) is 1. The van der Waals surface area contributed by atoms with Crippen LogP contribution < -0.4 is 20.1 Å². The Hall–Kier alpha value is -2.97. The van der Waals surface area contributed by atoms with Crippen LogP contribution in [0, 0.1) is 17.2 Å². The SMILES string of the molecule is CN1CCCC2(COc3nc4c5c(c(Cl)c(-c6nc(N)cc(Cl)c6C(F)(F)F)c(F)c5n3)OCCC(C3CC3(F)F)N4C)CCCC12. The van der Waals surface area contributed by atoms with E-state index in [0.29, 0.717) is 0 Å². The molecule has 3 fully saturated rings. The Morgan fingerprint density at radius 3 is 2.53 bits per heavy atom. The van der Waals surface area contributed by atoms with E-state index in [0.717, 1.165) is 44.7 Å². The maximum atomic E-state index is 16.8. The highest BCUT2D eigenvalue weighted by Gasteiger charge is 2.61. The molecule has 47 heavy (non-hydrogen) atoms. The smallest absolute Gasteiger partial charge is 0.419 e. The van der Waals surface area contributed by atoms with Gasteiger partial charge in [-0.15, -0.1) is 0 Å². The van der Waals surface area contributed by atoms with Gasteiger partial charge < -0.3 is 25.0 Å². The van der Waals surface area contributed by atoms with Crippen molar-refractivity contribution in [2.75, 3.05) is 44.5 Å². The first-order chi connectivity index (χ1) is 22.1. The molecule has 2 N–H and O–H groups in total. The summed E-state index contributed by atoms with van der Waals surface area (Å²) < 4.78 is 101. The van der Waals surface area contributed by atoms with Gasteiger partial charge in [-0.25, -0.2) is 18.2 Å². The summed E-state index contributed by atoms with van der Waals surface area (Å²) in [6, 6.07) is 0.0844. The summed E-state index contributed by atoms with van der Waals surface area (Å²) in [5.41, 5.74) is 1.95. The molecule has 1 aromatic carbocycles. The number of aromatic nitrogens is 3. The first-order valence-electron chi connectivity index (χ1n) is 15.5. The summed E-state index contributed by atoms with van der Waals surface area (Å²) in [7, 11) is 3.63. The Bertz CT molecular complexity index is 1760. The Labute approximate surface area is 276 Å². The summed E-state index contributed by atoms with van der Waals surface area (Å²) >= 11 is 12.7. The fourth-order valence-electron chi connectivity index (χ4n) is 8.02. The van der Waals surface area contributed by atoms with Crippen molar-refractivity contribution >= 4 is 45.7 Å². The van der Waals surface area contributed by atoms with E-state index >= 15 is 4.39 Å². The summed E-state index contributed by atoms with van der Waals surface area (Å²) in [5, 5.41) is -1.44. The number of ether oxygens (including phenoxy) is 2. The molecular weight excluding hydrogens is 673 g/mol. The maximum absolute atomic E-state index is 16.8. The van der Waals surface area contributed by atoms with Gasteiger partial charge in [0.25, 0.3) is 5.92 Å². The summed E-state index contributed by atoms with van der Waals surface area (Å²) in [5.74, 6) is -5.78. The predicted octanol–water partition coefficient (Wildman–Crippen LogP) is 7.62. The molecule has 1 saturated heterocycles. The molecule has 254 valence electrons. The number of benzene rings is 1. The summed E-state index contributed by atoms with van der Waals surface area (Å²) in [6.45, 7) is 1.03. The van der Waals surface area contributed by atoms with Crippen molar-refractivity contribution in [1.29, 1.82) is 0 Å². The maximum Gasteiger partial charge on any atom is 0.419 e. The summed E-state index contributed by atoms with van der Waals surface area (Å²) in [6.07, 6.45) is -0.495. The number of hydrogen-bond donors (Lipinski definition) is 1. The molecule has 16 heteroatoms. The largest absolute Gasteiger partial charge is 0.491 e. The number of piperidine rings is 1. The lowest BCUT2D eigenvalue weighted by Gasteiger charge is -2.44. The van der Waals surface area contributed by atoms with Crippen LogP contribution in [-0.4, -0.2) is 71.7 Å². The van der Waals surface area contributed by atoms with Crippen LogP contribution in [0.15, 0.2) is 6.07 Å². The third kappa shape index (κ3) is 5.38. The van der Waals surface area contributed by atoms with Crippen molar-refractivity contribution in [3.63, 3.8) is 0 Å². The number of rotatable bonds is 5. The van der Waals surface area contributed by atoms with Crippen LogP contribution in [0.5, 0.6) is 11.8 Å². The van der Waals surface area contributed by atoms with Crippen molar-refractivity contribution in [2.45, 2.75) is 69.1 Å². The number of fused-ring (bicyclic) bond motifs is 1. The van der Waals surface area contributed by atoms with E-state index in [4.69, 9.17) is 38.4 Å². The molecule has 2 aromatic heterocycles. The van der Waals surface area contributed by atoms with E-state index in [1.54, 1.807) is 7.05 Å². The second-order valence-corrected chi connectivity index (χ2v) is 14.0. The van der Waals surface area contributed by atoms with Crippen molar-refractivity contribution < 1.29 is 35.8 Å². The highest BCUT2D eigenvalue weighted by Crippen LogP contribution is 2.56.